The van der Waals surface area contributed by atoms with E-state index in [1.54, 1.807) is 0 Å². The monoisotopic (exact) mass is 406 g/mol. The Morgan fingerprint density at radius 1 is 1.17 bits per heavy atom. The van der Waals surface area contributed by atoms with Gasteiger partial charge < -0.3 is 15.5 Å². The van der Waals surface area contributed by atoms with Crippen molar-refractivity contribution in [2.75, 3.05) is 32.7 Å². The Balaban J connectivity index is 1.40. The Kier molecular flexibility index (Phi) is 7.19. The van der Waals surface area contributed by atoms with E-state index in [1.165, 1.54) is 6.42 Å². The van der Waals surface area contributed by atoms with Crippen molar-refractivity contribution >= 4 is 17.8 Å². The number of amides is 4. The number of nitrogens with zero attached hydrogens (tertiary/aromatic N) is 2. The van der Waals surface area contributed by atoms with E-state index in [0.29, 0.717) is 25.3 Å². The van der Waals surface area contributed by atoms with E-state index in [2.05, 4.69) is 36.3 Å². The maximum absolute atomic E-state index is 12.9. The molecule has 2 aliphatic heterocycles. The summed E-state index contributed by atoms with van der Waals surface area (Å²) in [6, 6.07) is -0.420. The molecule has 0 aromatic rings. The number of imide groups is 1. The summed E-state index contributed by atoms with van der Waals surface area (Å²) in [5.74, 6) is 1.62. The zero-order valence-corrected chi connectivity index (χ0v) is 18.3. The fourth-order valence-corrected chi connectivity index (χ4v) is 5.44. The van der Waals surface area contributed by atoms with Crippen molar-refractivity contribution in [2.45, 2.75) is 71.3 Å². The van der Waals surface area contributed by atoms with E-state index in [0.717, 1.165) is 62.1 Å². The first kappa shape index (κ1) is 22.1. The van der Waals surface area contributed by atoms with Gasteiger partial charge in [0.05, 0.1) is 0 Å². The normalized spacial score (nSPS) is 33.2. The number of rotatable bonds is 7. The summed E-state index contributed by atoms with van der Waals surface area (Å²) in [6.45, 7) is 10.4. The minimum absolute atomic E-state index is 0.179. The Morgan fingerprint density at radius 3 is 2.45 bits per heavy atom. The Hall–Kier alpha value is -1.63. The van der Waals surface area contributed by atoms with Gasteiger partial charge in [0, 0.05) is 19.6 Å². The van der Waals surface area contributed by atoms with Crippen LogP contribution in [-0.2, 0) is 9.59 Å². The van der Waals surface area contributed by atoms with Crippen LogP contribution in [0.1, 0.15) is 65.7 Å². The van der Waals surface area contributed by atoms with E-state index in [1.807, 2.05) is 0 Å². The van der Waals surface area contributed by atoms with Crippen LogP contribution in [0, 0.1) is 17.8 Å². The SMILES string of the molecule is CCC1CCC2(CC1)NC(=O)N(CC(=O)NCCCN1C[C@@H](C)C[C@H](C)C1)C2=O. The molecule has 1 aliphatic carbocycles. The van der Waals surface area contributed by atoms with Crippen molar-refractivity contribution in [1.29, 1.82) is 0 Å². The van der Waals surface area contributed by atoms with Crippen LogP contribution in [0.2, 0.25) is 0 Å². The molecule has 4 amide bonds. The molecule has 0 unspecified atom stereocenters. The second-order valence-electron chi connectivity index (χ2n) is 9.66. The van der Waals surface area contributed by atoms with Gasteiger partial charge in [-0.25, -0.2) is 4.79 Å². The summed E-state index contributed by atoms with van der Waals surface area (Å²) in [4.78, 5) is 41.1. The predicted octanol–water partition coefficient (Wildman–Crippen LogP) is 2.36. The van der Waals surface area contributed by atoms with Crippen molar-refractivity contribution < 1.29 is 14.4 Å². The molecule has 7 heteroatoms. The first-order chi connectivity index (χ1) is 13.8. The number of urea groups is 1. The number of hydrogen-bond acceptors (Lipinski definition) is 4. The van der Waals surface area contributed by atoms with Crippen LogP contribution in [0.4, 0.5) is 4.79 Å². The van der Waals surface area contributed by atoms with Gasteiger partial charge in [-0.05, 0) is 62.8 Å². The molecule has 0 bridgehead atoms. The molecule has 2 N–H and O–H groups in total. The van der Waals surface area contributed by atoms with Gasteiger partial charge in [-0.15, -0.1) is 0 Å². The number of hydrogen-bond donors (Lipinski definition) is 2. The fraction of sp³-hybridized carbons (Fsp3) is 0.864. The molecule has 2 heterocycles. The van der Waals surface area contributed by atoms with Crippen LogP contribution in [0.3, 0.4) is 0 Å². The highest BCUT2D eigenvalue weighted by Gasteiger charge is 2.52. The van der Waals surface area contributed by atoms with Crippen molar-refractivity contribution in [3.63, 3.8) is 0 Å². The van der Waals surface area contributed by atoms with Crippen molar-refractivity contribution in [3.05, 3.63) is 0 Å². The van der Waals surface area contributed by atoms with E-state index in [9.17, 15) is 14.4 Å². The second kappa shape index (κ2) is 9.45. The molecule has 2 atom stereocenters. The Morgan fingerprint density at radius 2 is 1.83 bits per heavy atom. The highest BCUT2D eigenvalue weighted by atomic mass is 16.2. The van der Waals surface area contributed by atoms with Crippen LogP contribution < -0.4 is 10.6 Å². The number of carbonyl (C=O) groups excluding carboxylic acids is 3. The number of nitrogens with one attached hydrogen (secondary N) is 2. The minimum atomic E-state index is -0.773. The molecule has 164 valence electrons. The quantitative estimate of drug-likeness (QED) is 0.502. The largest absolute Gasteiger partial charge is 0.354 e. The maximum atomic E-state index is 12.9. The van der Waals surface area contributed by atoms with Gasteiger partial charge in [0.2, 0.25) is 5.91 Å². The van der Waals surface area contributed by atoms with Crippen LogP contribution in [0.25, 0.3) is 0 Å². The lowest BCUT2D eigenvalue weighted by Gasteiger charge is -2.35. The number of likely N-dealkylation sites (tertiary alicyclic amines) is 1. The predicted molar refractivity (Wildman–Crippen MR) is 112 cm³/mol. The molecule has 0 radical (unpaired) electrons. The average Bonchev–Trinajstić information content (AvgIpc) is 2.89. The molecular weight excluding hydrogens is 368 g/mol. The molecule has 3 aliphatic rings. The van der Waals surface area contributed by atoms with Gasteiger partial charge in [-0.2, -0.15) is 0 Å². The van der Waals surface area contributed by atoms with E-state index < -0.39 is 11.6 Å². The fourth-order valence-electron chi connectivity index (χ4n) is 5.44. The average molecular weight is 407 g/mol. The van der Waals surface area contributed by atoms with Crippen molar-refractivity contribution in [2.24, 2.45) is 17.8 Å². The van der Waals surface area contributed by atoms with Crippen LogP contribution in [-0.4, -0.2) is 65.9 Å². The molecule has 29 heavy (non-hydrogen) atoms. The third kappa shape index (κ3) is 5.30. The molecule has 0 aromatic heterocycles. The summed E-state index contributed by atoms with van der Waals surface area (Å²) in [5, 5.41) is 5.77. The van der Waals surface area contributed by atoms with Crippen molar-refractivity contribution in [3.8, 4) is 0 Å². The lowest BCUT2D eigenvalue weighted by Crippen LogP contribution is -2.50. The molecule has 3 fully saturated rings. The Labute approximate surface area is 174 Å². The van der Waals surface area contributed by atoms with Crippen molar-refractivity contribution in [1.82, 2.24) is 20.4 Å². The molecular formula is C22H38N4O3. The first-order valence-electron chi connectivity index (χ1n) is 11.5. The molecule has 3 rings (SSSR count). The number of carbonyl (C=O) groups is 3. The summed E-state index contributed by atoms with van der Waals surface area (Å²) in [6.07, 6.45) is 6.56. The molecule has 7 nitrogen and oxygen atoms in total. The van der Waals surface area contributed by atoms with Gasteiger partial charge in [0.15, 0.2) is 0 Å². The van der Waals surface area contributed by atoms with Crippen LogP contribution in [0.5, 0.6) is 0 Å². The third-order valence-corrected chi connectivity index (χ3v) is 7.00. The lowest BCUT2D eigenvalue weighted by atomic mass is 9.75. The smallest absolute Gasteiger partial charge is 0.325 e. The number of piperidine rings is 1. The van der Waals surface area contributed by atoms with Gasteiger partial charge in [0.1, 0.15) is 12.1 Å². The summed E-state index contributed by atoms with van der Waals surface area (Å²) < 4.78 is 0. The molecule has 2 saturated heterocycles. The van der Waals surface area contributed by atoms with Crippen LogP contribution >= 0.6 is 0 Å². The summed E-state index contributed by atoms with van der Waals surface area (Å²) in [7, 11) is 0. The third-order valence-electron chi connectivity index (χ3n) is 7.00. The molecule has 1 saturated carbocycles. The summed E-state index contributed by atoms with van der Waals surface area (Å²) >= 11 is 0. The standard InChI is InChI=1S/C22H38N4O3/c1-4-18-6-8-22(9-7-18)20(28)26(21(29)24-22)15-19(27)23-10-5-11-25-13-16(2)12-17(3)14-25/h16-18H,4-15H2,1-3H3,(H,23,27)(H,24,29)/t16-,17-,18?,22?/m0/s1. The first-order valence-corrected chi connectivity index (χ1v) is 11.5. The van der Waals surface area contributed by atoms with Gasteiger partial charge in [-0.1, -0.05) is 27.2 Å². The zero-order valence-electron chi connectivity index (χ0n) is 18.3. The van der Waals surface area contributed by atoms with Crippen LogP contribution in [0.15, 0.2) is 0 Å². The van der Waals surface area contributed by atoms with Gasteiger partial charge in [-0.3, -0.25) is 14.5 Å². The lowest BCUT2D eigenvalue weighted by molar-refractivity contribution is -0.136. The molecule has 0 aromatic carbocycles. The summed E-state index contributed by atoms with van der Waals surface area (Å²) in [5.41, 5.74) is -0.773. The molecule has 1 spiro atoms. The topological polar surface area (TPSA) is 81.8 Å². The highest BCUT2D eigenvalue weighted by Crippen LogP contribution is 2.37. The van der Waals surface area contributed by atoms with E-state index >= 15 is 0 Å². The Bertz CT molecular complexity index is 605. The van der Waals surface area contributed by atoms with Gasteiger partial charge in [0.25, 0.3) is 5.91 Å². The second-order valence-corrected chi connectivity index (χ2v) is 9.66. The minimum Gasteiger partial charge on any atom is -0.354 e. The maximum Gasteiger partial charge on any atom is 0.325 e. The van der Waals surface area contributed by atoms with E-state index in [-0.39, 0.29) is 18.4 Å². The van der Waals surface area contributed by atoms with Gasteiger partial charge >= 0.3 is 6.03 Å². The zero-order chi connectivity index (χ0) is 21.0. The van der Waals surface area contributed by atoms with E-state index in [4.69, 9.17) is 0 Å². The highest BCUT2D eigenvalue weighted by molar-refractivity contribution is 6.09.